The number of aryl methyl sites for hydroxylation is 1. The Hall–Kier alpha value is -2.61. The summed E-state index contributed by atoms with van der Waals surface area (Å²) >= 11 is 5.93. The van der Waals surface area contributed by atoms with E-state index in [-0.39, 0.29) is 23.9 Å². The number of rotatable bonds is 6. The van der Waals surface area contributed by atoms with E-state index in [1.54, 1.807) is 17.0 Å². The lowest BCUT2D eigenvalue weighted by atomic mass is 10.2. The van der Waals surface area contributed by atoms with Crippen molar-refractivity contribution < 1.29 is 17.6 Å². The molecule has 0 spiro atoms. The highest BCUT2D eigenvalue weighted by Gasteiger charge is 2.30. The van der Waals surface area contributed by atoms with E-state index in [9.17, 15) is 13.2 Å². The maximum Gasteiger partial charge on any atom is 0.243 e. The molecule has 8 heteroatoms. The van der Waals surface area contributed by atoms with Crippen molar-refractivity contribution in [3.05, 3.63) is 77.5 Å². The maximum absolute atomic E-state index is 12.8. The van der Waals surface area contributed by atoms with Crippen LogP contribution in [0.5, 0.6) is 0 Å². The molecule has 0 aliphatic carbocycles. The van der Waals surface area contributed by atoms with Gasteiger partial charge < -0.3 is 9.32 Å². The fraction of sp³-hybridized carbons (Fsp3) is 0.261. The van der Waals surface area contributed by atoms with Crippen molar-refractivity contribution in [2.45, 2.75) is 17.7 Å². The average molecular weight is 459 g/mol. The van der Waals surface area contributed by atoms with Gasteiger partial charge in [0, 0.05) is 49.6 Å². The molecule has 31 heavy (non-hydrogen) atoms. The second kappa shape index (κ2) is 9.26. The van der Waals surface area contributed by atoms with Crippen LogP contribution >= 0.6 is 11.6 Å². The van der Waals surface area contributed by atoms with E-state index in [0.29, 0.717) is 31.0 Å². The van der Waals surface area contributed by atoms with Crippen LogP contribution in [-0.2, 0) is 21.2 Å². The zero-order valence-electron chi connectivity index (χ0n) is 16.9. The Balaban J connectivity index is 1.30. The van der Waals surface area contributed by atoms with Crippen molar-refractivity contribution in [3.8, 4) is 11.3 Å². The van der Waals surface area contributed by atoms with Gasteiger partial charge in [0.05, 0.1) is 4.90 Å². The van der Waals surface area contributed by atoms with E-state index < -0.39 is 10.0 Å². The molecule has 0 radical (unpaired) electrons. The summed E-state index contributed by atoms with van der Waals surface area (Å²) in [6, 6.07) is 19.8. The van der Waals surface area contributed by atoms with Crippen LogP contribution in [0.25, 0.3) is 11.3 Å². The van der Waals surface area contributed by atoms with Crippen molar-refractivity contribution in [2.75, 3.05) is 26.2 Å². The fourth-order valence-corrected chi connectivity index (χ4v) is 5.34. The van der Waals surface area contributed by atoms with Gasteiger partial charge in [-0.15, -0.1) is 0 Å². The molecule has 6 nitrogen and oxygen atoms in total. The summed E-state index contributed by atoms with van der Waals surface area (Å²) in [5.41, 5.74) is 0.997. The highest BCUT2D eigenvalue weighted by atomic mass is 35.5. The van der Waals surface area contributed by atoms with E-state index in [0.717, 1.165) is 17.1 Å². The first-order chi connectivity index (χ1) is 14.9. The third kappa shape index (κ3) is 5.01. The van der Waals surface area contributed by atoms with Crippen molar-refractivity contribution in [1.29, 1.82) is 0 Å². The summed E-state index contributed by atoms with van der Waals surface area (Å²) in [5.74, 6) is 1.54. The Morgan fingerprint density at radius 1 is 0.935 bits per heavy atom. The molecule has 0 unspecified atom stereocenters. The van der Waals surface area contributed by atoms with Gasteiger partial charge in [0.15, 0.2) is 0 Å². The molecule has 4 rings (SSSR count). The molecular weight excluding hydrogens is 436 g/mol. The lowest BCUT2D eigenvalue weighted by Crippen LogP contribution is -2.50. The Morgan fingerprint density at radius 3 is 2.39 bits per heavy atom. The van der Waals surface area contributed by atoms with Crippen LogP contribution in [0.15, 0.2) is 76.0 Å². The summed E-state index contributed by atoms with van der Waals surface area (Å²) in [5, 5.41) is 0.378. The molecule has 3 aromatic rings. The molecule has 2 heterocycles. The molecule has 1 aromatic heterocycles. The number of carbonyl (C=O) groups is 1. The summed E-state index contributed by atoms with van der Waals surface area (Å²) in [4.78, 5) is 14.5. The first-order valence-corrected chi connectivity index (χ1v) is 11.9. The minimum absolute atomic E-state index is 0.00235. The zero-order chi connectivity index (χ0) is 21.8. The number of benzene rings is 2. The SMILES string of the molecule is O=C(CCc1ccc(-c2ccccc2)o1)N1CCN(S(=O)(=O)c2cccc(Cl)c2)CC1. The molecular formula is C23H23ClN2O4S. The smallest absolute Gasteiger partial charge is 0.243 e. The molecule has 1 fully saturated rings. The Kier molecular flexibility index (Phi) is 6.46. The number of piperazine rings is 1. The molecule has 0 atom stereocenters. The number of hydrogen-bond acceptors (Lipinski definition) is 4. The number of sulfonamides is 1. The first-order valence-electron chi connectivity index (χ1n) is 10.1. The largest absolute Gasteiger partial charge is 0.461 e. The summed E-state index contributed by atoms with van der Waals surface area (Å²) in [7, 11) is -3.62. The number of nitrogens with zero attached hydrogens (tertiary/aromatic N) is 2. The summed E-state index contributed by atoms with van der Waals surface area (Å²) in [6.45, 7) is 1.26. The molecule has 2 aromatic carbocycles. The number of halogens is 1. The van der Waals surface area contributed by atoms with Crippen molar-refractivity contribution in [2.24, 2.45) is 0 Å². The van der Waals surface area contributed by atoms with Gasteiger partial charge in [-0.05, 0) is 30.3 Å². The number of amides is 1. The van der Waals surface area contributed by atoms with E-state index in [1.807, 2.05) is 42.5 Å². The van der Waals surface area contributed by atoms with Gasteiger partial charge in [-0.1, -0.05) is 48.0 Å². The van der Waals surface area contributed by atoms with Crippen LogP contribution in [0.1, 0.15) is 12.2 Å². The number of furan rings is 1. The second-order valence-electron chi connectivity index (χ2n) is 7.37. The maximum atomic E-state index is 12.8. The van der Waals surface area contributed by atoms with Crippen LogP contribution < -0.4 is 0 Å². The van der Waals surface area contributed by atoms with Gasteiger partial charge in [0.2, 0.25) is 15.9 Å². The van der Waals surface area contributed by atoms with Crippen LogP contribution in [0, 0.1) is 0 Å². The Bertz CT molecular complexity index is 1150. The quantitative estimate of drug-likeness (QED) is 0.558. The van der Waals surface area contributed by atoms with Crippen molar-refractivity contribution in [3.63, 3.8) is 0 Å². The normalized spacial score (nSPS) is 15.2. The predicted molar refractivity (Wildman–Crippen MR) is 119 cm³/mol. The van der Waals surface area contributed by atoms with Gasteiger partial charge in [-0.25, -0.2) is 8.42 Å². The third-order valence-corrected chi connectivity index (χ3v) is 7.46. The minimum atomic E-state index is -3.62. The van der Waals surface area contributed by atoms with Crippen LogP contribution in [-0.4, -0.2) is 49.7 Å². The molecule has 1 aliphatic heterocycles. The lowest BCUT2D eigenvalue weighted by Gasteiger charge is -2.34. The van der Waals surface area contributed by atoms with Crippen molar-refractivity contribution in [1.82, 2.24) is 9.21 Å². The van der Waals surface area contributed by atoms with E-state index in [4.69, 9.17) is 16.0 Å². The summed E-state index contributed by atoms with van der Waals surface area (Å²) in [6.07, 6.45) is 0.829. The molecule has 0 saturated carbocycles. The number of carbonyl (C=O) groups excluding carboxylic acids is 1. The standard InChI is InChI=1S/C23H23ClN2O4S/c24-19-7-4-8-21(17-19)31(28,29)26-15-13-25(14-16-26)23(27)12-10-20-9-11-22(30-20)18-5-2-1-3-6-18/h1-9,11,17H,10,12-16H2. The monoisotopic (exact) mass is 458 g/mol. The molecule has 0 N–H and O–H groups in total. The molecule has 1 saturated heterocycles. The first kappa shape index (κ1) is 21.6. The zero-order valence-corrected chi connectivity index (χ0v) is 18.5. The second-order valence-corrected chi connectivity index (χ2v) is 9.75. The lowest BCUT2D eigenvalue weighted by molar-refractivity contribution is -0.132. The van der Waals surface area contributed by atoms with Crippen LogP contribution in [0.4, 0.5) is 0 Å². The van der Waals surface area contributed by atoms with Crippen molar-refractivity contribution >= 4 is 27.5 Å². The molecule has 1 amide bonds. The van der Waals surface area contributed by atoms with Gasteiger partial charge in [0.1, 0.15) is 11.5 Å². The topological polar surface area (TPSA) is 70.8 Å². The third-order valence-electron chi connectivity index (χ3n) is 5.33. The highest BCUT2D eigenvalue weighted by Crippen LogP contribution is 2.23. The average Bonchev–Trinajstić information content (AvgIpc) is 3.27. The Morgan fingerprint density at radius 2 is 1.68 bits per heavy atom. The van der Waals surface area contributed by atoms with Crippen LogP contribution in [0.2, 0.25) is 5.02 Å². The predicted octanol–water partition coefficient (Wildman–Crippen LogP) is 4.07. The highest BCUT2D eigenvalue weighted by molar-refractivity contribution is 7.89. The van der Waals surface area contributed by atoms with Crippen LogP contribution in [0.3, 0.4) is 0 Å². The van der Waals surface area contributed by atoms with E-state index in [2.05, 4.69) is 0 Å². The summed E-state index contributed by atoms with van der Waals surface area (Å²) < 4.78 is 32.9. The van der Waals surface area contributed by atoms with Gasteiger partial charge >= 0.3 is 0 Å². The van der Waals surface area contributed by atoms with E-state index in [1.165, 1.54) is 16.4 Å². The molecule has 162 valence electrons. The Labute approximate surface area is 187 Å². The van der Waals surface area contributed by atoms with Gasteiger partial charge in [-0.2, -0.15) is 4.31 Å². The van der Waals surface area contributed by atoms with Gasteiger partial charge in [-0.3, -0.25) is 4.79 Å². The molecule has 1 aliphatic rings. The number of hydrogen-bond donors (Lipinski definition) is 0. The minimum Gasteiger partial charge on any atom is -0.461 e. The fourth-order valence-electron chi connectivity index (χ4n) is 3.61. The molecule has 0 bridgehead atoms. The van der Waals surface area contributed by atoms with E-state index >= 15 is 0 Å². The van der Waals surface area contributed by atoms with Gasteiger partial charge in [0.25, 0.3) is 0 Å².